The summed E-state index contributed by atoms with van der Waals surface area (Å²) in [5.41, 5.74) is 2.03. The van der Waals surface area contributed by atoms with E-state index in [-0.39, 0.29) is 11.7 Å². The molecular weight excluding hydrogens is 392 g/mol. The SMILES string of the molecule is CCN1CCc2nc(NC(=O)c3ccc(-c4nc5ccccc5s4)o3)sc2C1. The minimum absolute atomic E-state index is 0.262. The van der Waals surface area contributed by atoms with E-state index < -0.39 is 0 Å². The Bertz CT molecular complexity index is 1130. The molecule has 3 aromatic heterocycles. The van der Waals surface area contributed by atoms with Crippen LogP contribution < -0.4 is 5.32 Å². The zero-order valence-corrected chi connectivity index (χ0v) is 16.9. The van der Waals surface area contributed by atoms with Crippen molar-refractivity contribution >= 4 is 43.9 Å². The predicted octanol–water partition coefficient (Wildman–Crippen LogP) is 4.64. The molecule has 0 saturated heterocycles. The summed E-state index contributed by atoms with van der Waals surface area (Å²) in [4.78, 5) is 25.4. The van der Waals surface area contributed by atoms with Gasteiger partial charge in [0.15, 0.2) is 21.7 Å². The monoisotopic (exact) mass is 410 g/mol. The highest BCUT2D eigenvalue weighted by Crippen LogP contribution is 2.32. The molecule has 0 radical (unpaired) electrons. The van der Waals surface area contributed by atoms with E-state index >= 15 is 0 Å². The van der Waals surface area contributed by atoms with Gasteiger partial charge in [-0.3, -0.25) is 15.0 Å². The van der Waals surface area contributed by atoms with Gasteiger partial charge in [-0.05, 0) is 30.8 Å². The summed E-state index contributed by atoms with van der Waals surface area (Å²) in [6.07, 6.45) is 0.929. The van der Waals surface area contributed by atoms with Gasteiger partial charge in [-0.25, -0.2) is 9.97 Å². The zero-order chi connectivity index (χ0) is 19.1. The van der Waals surface area contributed by atoms with Crippen LogP contribution in [0.1, 0.15) is 28.0 Å². The maximum atomic E-state index is 12.6. The summed E-state index contributed by atoms with van der Waals surface area (Å²) < 4.78 is 6.87. The molecule has 8 heteroatoms. The Morgan fingerprint density at radius 2 is 2.11 bits per heavy atom. The van der Waals surface area contributed by atoms with Crippen LogP contribution in [0.5, 0.6) is 0 Å². The van der Waals surface area contributed by atoms with Crippen molar-refractivity contribution in [2.45, 2.75) is 19.9 Å². The number of nitrogens with one attached hydrogen (secondary N) is 1. The minimum atomic E-state index is -0.286. The van der Waals surface area contributed by atoms with Crippen LogP contribution in [0.25, 0.3) is 21.0 Å². The normalized spacial score (nSPS) is 14.3. The van der Waals surface area contributed by atoms with Crippen molar-refractivity contribution in [3.05, 3.63) is 52.7 Å². The lowest BCUT2D eigenvalue weighted by Gasteiger charge is -2.23. The van der Waals surface area contributed by atoms with Gasteiger partial charge in [0, 0.05) is 24.4 Å². The largest absolute Gasteiger partial charge is 0.448 e. The number of amides is 1. The average molecular weight is 411 g/mol. The second kappa shape index (κ2) is 7.12. The van der Waals surface area contributed by atoms with Gasteiger partial charge in [-0.1, -0.05) is 19.1 Å². The van der Waals surface area contributed by atoms with Gasteiger partial charge in [-0.15, -0.1) is 22.7 Å². The van der Waals surface area contributed by atoms with Crippen LogP contribution in [-0.2, 0) is 13.0 Å². The van der Waals surface area contributed by atoms with Crippen LogP contribution in [0, 0.1) is 0 Å². The number of thiazole rings is 2. The summed E-state index contributed by atoms with van der Waals surface area (Å²) in [5, 5.41) is 4.28. The second-order valence-corrected chi connectivity index (χ2v) is 8.73. The first-order valence-corrected chi connectivity index (χ1v) is 10.8. The standard InChI is InChI=1S/C20H18N4O2S2/c1-2-24-10-9-13-17(11-24)28-20(22-13)23-18(25)14-7-8-15(26-14)19-21-12-5-3-4-6-16(12)27-19/h3-8H,2,9-11H2,1H3,(H,22,23,25). The third kappa shape index (κ3) is 3.23. The number of hydrogen-bond donors (Lipinski definition) is 1. The first kappa shape index (κ1) is 17.5. The lowest BCUT2D eigenvalue weighted by molar-refractivity contribution is 0.0997. The van der Waals surface area contributed by atoms with E-state index in [9.17, 15) is 4.79 Å². The molecule has 0 aliphatic carbocycles. The Kier molecular flexibility index (Phi) is 4.46. The summed E-state index contributed by atoms with van der Waals surface area (Å²) in [5.74, 6) is 0.576. The number of benzene rings is 1. The highest BCUT2D eigenvalue weighted by atomic mass is 32.1. The number of fused-ring (bicyclic) bond motifs is 2. The number of aromatic nitrogens is 2. The molecule has 0 atom stereocenters. The van der Waals surface area contributed by atoms with Crippen molar-refractivity contribution in [1.82, 2.24) is 14.9 Å². The molecule has 0 spiro atoms. The van der Waals surface area contributed by atoms with Crippen LogP contribution in [0.2, 0.25) is 0 Å². The summed E-state index contributed by atoms with van der Waals surface area (Å²) in [6.45, 7) is 5.11. The molecule has 0 fully saturated rings. The first-order valence-electron chi connectivity index (χ1n) is 9.17. The van der Waals surface area contributed by atoms with E-state index in [2.05, 4.69) is 27.1 Å². The van der Waals surface area contributed by atoms with E-state index in [1.165, 1.54) is 4.88 Å². The first-order chi connectivity index (χ1) is 13.7. The smallest absolute Gasteiger partial charge is 0.293 e. The number of hydrogen-bond acceptors (Lipinski definition) is 7. The van der Waals surface area contributed by atoms with Crippen LogP contribution in [-0.4, -0.2) is 33.9 Å². The van der Waals surface area contributed by atoms with Crippen LogP contribution in [0.3, 0.4) is 0 Å². The number of carbonyl (C=O) groups excluding carboxylic acids is 1. The fourth-order valence-electron chi connectivity index (χ4n) is 3.28. The fraction of sp³-hybridized carbons (Fsp3) is 0.250. The van der Waals surface area contributed by atoms with E-state index in [1.54, 1.807) is 34.8 Å². The molecule has 28 heavy (non-hydrogen) atoms. The van der Waals surface area contributed by atoms with Crippen molar-refractivity contribution < 1.29 is 9.21 Å². The lowest BCUT2D eigenvalue weighted by atomic mass is 10.2. The van der Waals surface area contributed by atoms with Crippen molar-refractivity contribution in [1.29, 1.82) is 0 Å². The highest BCUT2D eigenvalue weighted by Gasteiger charge is 2.21. The number of furan rings is 1. The molecule has 0 saturated carbocycles. The zero-order valence-electron chi connectivity index (χ0n) is 15.3. The number of para-hydroxylation sites is 1. The number of likely N-dealkylation sites (N-methyl/N-ethyl adjacent to an activating group) is 1. The third-order valence-electron chi connectivity index (χ3n) is 4.81. The average Bonchev–Trinajstić information content (AvgIpc) is 3.43. The number of carbonyl (C=O) groups is 1. The van der Waals surface area contributed by atoms with Crippen LogP contribution in [0.15, 0.2) is 40.8 Å². The summed E-state index contributed by atoms with van der Waals surface area (Å²) >= 11 is 3.10. The van der Waals surface area contributed by atoms with Gasteiger partial charge in [0.05, 0.1) is 15.9 Å². The van der Waals surface area contributed by atoms with Gasteiger partial charge in [0.2, 0.25) is 0 Å². The quantitative estimate of drug-likeness (QED) is 0.531. The molecule has 1 aliphatic rings. The number of nitrogens with zero attached hydrogens (tertiary/aromatic N) is 3. The Morgan fingerprint density at radius 1 is 1.21 bits per heavy atom. The summed E-state index contributed by atoms with van der Waals surface area (Å²) in [6, 6.07) is 11.4. The van der Waals surface area contributed by atoms with Crippen molar-refractivity contribution in [2.75, 3.05) is 18.4 Å². The molecule has 1 amide bonds. The van der Waals surface area contributed by atoms with Crippen LogP contribution >= 0.6 is 22.7 Å². The molecule has 1 N–H and O–H groups in total. The van der Waals surface area contributed by atoms with Gasteiger partial charge in [-0.2, -0.15) is 0 Å². The highest BCUT2D eigenvalue weighted by molar-refractivity contribution is 7.21. The molecule has 4 aromatic rings. The minimum Gasteiger partial charge on any atom is -0.448 e. The van der Waals surface area contributed by atoms with Crippen LogP contribution in [0.4, 0.5) is 5.13 Å². The maximum absolute atomic E-state index is 12.6. The van der Waals surface area contributed by atoms with Gasteiger partial charge >= 0.3 is 0 Å². The van der Waals surface area contributed by atoms with E-state index in [4.69, 9.17) is 4.42 Å². The van der Waals surface area contributed by atoms with Gasteiger partial charge < -0.3 is 4.42 Å². The van der Waals surface area contributed by atoms with Crippen molar-refractivity contribution in [3.63, 3.8) is 0 Å². The Balaban J connectivity index is 1.33. The Hall–Kier alpha value is -2.55. The molecule has 5 rings (SSSR count). The van der Waals surface area contributed by atoms with Crippen molar-refractivity contribution in [3.8, 4) is 10.8 Å². The fourth-order valence-corrected chi connectivity index (χ4v) is 5.26. The van der Waals surface area contributed by atoms with E-state index in [0.29, 0.717) is 10.9 Å². The molecule has 1 aromatic carbocycles. The van der Waals surface area contributed by atoms with Gasteiger partial charge in [0.25, 0.3) is 5.91 Å². The Morgan fingerprint density at radius 3 is 2.96 bits per heavy atom. The molecule has 6 nitrogen and oxygen atoms in total. The maximum Gasteiger partial charge on any atom is 0.293 e. The van der Waals surface area contributed by atoms with E-state index in [0.717, 1.165) is 47.0 Å². The molecule has 0 bridgehead atoms. The predicted molar refractivity (Wildman–Crippen MR) is 112 cm³/mol. The third-order valence-corrected chi connectivity index (χ3v) is 6.86. The van der Waals surface area contributed by atoms with Gasteiger partial charge in [0.1, 0.15) is 0 Å². The Labute approximate surface area is 169 Å². The number of anilines is 1. The van der Waals surface area contributed by atoms with E-state index in [1.807, 2.05) is 24.3 Å². The molecule has 4 heterocycles. The lowest BCUT2D eigenvalue weighted by Crippen LogP contribution is -2.29. The number of rotatable bonds is 4. The molecule has 142 valence electrons. The second-order valence-electron chi connectivity index (χ2n) is 6.61. The van der Waals surface area contributed by atoms with Crippen molar-refractivity contribution in [2.24, 2.45) is 0 Å². The molecular formula is C20H18N4O2S2. The molecule has 0 unspecified atom stereocenters. The molecule has 1 aliphatic heterocycles. The summed E-state index contributed by atoms with van der Waals surface area (Å²) in [7, 11) is 0. The topological polar surface area (TPSA) is 71.3 Å².